The van der Waals surface area contributed by atoms with E-state index in [2.05, 4.69) is 6.07 Å². The maximum absolute atomic E-state index is 12.2. The third kappa shape index (κ3) is 6.90. The van der Waals surface area contributed by atoms with Crippen molar-refractivity contribution in [1.82, 2.24) is 0 Å². The molecule has 3 aromatic rings. The van der Waals surface area contributed by atoms with Gasteiger partial charge in [-0.2, -0.15) is 5.26 Å². The summed E-state index contributed by atoms with van der Waals surface area (Å²) in [4.78, 5) is 12.2. The highest BCUT2D eigenvalue weighted by Gasteiger charge is 2.07. The Bertz CT molecular complexity index is 1120. The monoisotopic (exact) mass is 447 g/mol. The van der Waals surface area contributed by atoms with Crippen LogP contribution in [0.4, 0.5) is 0 Å². The molecule has 0 aliphatic carbocycles. The average molecular weight is 448 g/mol. The molecule has 0 aliphatic rings. The molecule has 0 bridgehead atoms. The highest BCUT2D eigenvalue weighted by molar-refractivity contribution is 6.30. The first kappa shape index (κ1) is 22.9. The Morgan fingerprint density at radius 2 is 1.72 bits per heavy atom. The summed E-state index contributed by atoms with van der Waals surface area (Å²) in [5, 5.41) is 10.1. The van der Waals surface area contributed by atoms with Crippen LogP contribution < -0.4 is 14.2 Å². The van der Waals surface area contributed by atoms with Gasteiger partial charge in [-0.25, -0.2) is 0 Å². The number of allylic oxidation sites excluding steroid dienone is 1. The number of methoxy groups -OCH3 is 1. The second-order valence-corrected chi connectivity index (χ2v) is 7.29. The van der Waals surface area contributed by atoms with Crippen molar-refractivity contribution < 1.29 is 19.0 Å². The zero-order valence-corrected chi connectivity index (χ0v) is 18.3. The van der Waals surface area contributed by atoms with Crippen molar-refractivity contribution in [1.29, 1.82) is 5.26 Å². The molecule has 0 unspecified atom stereocenters. The van der Waals surface area contributed by atoms with E-state index in [0.717, 1.165) is 16.9 Å². The summed E-state index contributed by atoms with van der Waals surface area (Å²) in [6.07, 6.45) is 2.49. The lowest BCUT2D eigenvalue weighted by atomic mass is 10.0. The molecule has 0 saturated heterocycles. The largest absolute Gasteiger partial charge is 0.497 e. The van der Waals surface area contributed by atoms with Gasteiger partial charge in [0.05, 0.1) is 25.4 Å². The fourth-order valence-electron chi connectivity index (χ4n) is 2.91. The van der Waals surface area contributed by atoms with Gasteiger partial charge in [0.15, 0.2) is 0 Å². The van der Waals surface area contributed by atoms with Crippen molar-refractivity contribution in [3.63, 3.8) is 0 Å². The molecular weight excluding hydrogens is 426 g/mol. The lowest BCUT2D eigenvalue weighted by Crippen LogP contribution is -2.10. The van der Waals surface area contributed by atoms with Crippen molar-refractivity contribution in [2.75, 3.05) is 13.7 Å². The summed E-state index contributed by atoms with van der Waals surface area (Å²) < 4.78 is 16.2. The molecule has 0 amide bonds. The quantitative estimate of drug-likeness (QED) is 0.129. The topological polar surface area (TPSA) is 68.6 Å². The number of ether oxygens (including phenoxy) is 3. The second-order valence-electron chi connectivity index (χ2n) is 6.85. The normalized spacial score (nSPS) is 10.8. The SMILES string of the molecule is COc1ccc(OCCCC(=O)Oc2cccc(/C=C(/C#N)c3ccc(Cl)cc3)c2)cc1. The molecule has 0 spiro atoms. The van der Waals surface area contributed by atoms with Crippen molar-refractivity contribution >= 4 is 29.2 Å². The van der Waals surface area contributed by atoms with E-state index < -0.39 is 0 Å². The van der Waals surface area contributed by atoms with Gasteiger partial charge in [0, 0.05) is 11.4 Å². The van der Waals surface area contributed by atoms with Crippen LogP contribution in [0.15, 0.2) is 72.8 Å². The van der Waals surface area contributed by atoms with E-state index in [0.29, 0.717) is 35.1 Å². The van der Waals surface area contributed by atoms with Crippen LogP contribution in [0, 0.1) is 11.3 Å². The number of carbonyl (C=O) groups is 1. The van der Waals surface area contributed by atoms with Gasteiger partial charge in [0.2, 0.25) is 0 Å². The molecule has 0 aliphatic heterocycles. The van der Waals surface area contributed by atoms with Gasteiger partial charge in [-0.1, -0.05) is 35.9 Å². The van der Waals surface area contributed by atoms with Gasteiger partial charge >= 0.3 is 5.97 Å². The lowest BCUT2D eigenvalue weighted by Gasteiger charge is -2.08. The highest BCUT2D eigenvalue weighted by atomic mass is 35.5. The van der Waals surface area contributed by atoms with Gasteiger partial charge < -0.3 is 14.2 Å². The number of nitriles is 1. The standard InChI is InChI=1S/C26H22ClNO4/c1-30-23-11-13-24(14-12-23)31-15-3-6-26(29)32-25-5-2-4-19(17-25)16-21(18-28)20-7-9-22(27)10-8-20/h2,4-5,7-14,16-17H,3,6,15H2,1H3/b21-16-. The number of rotatable bonds is 9. The molecular formula is C26H22ClNO4. The molecule has 3 rings (SSSR count). The van der Waals surface area contributed by atoms with Crippen LogP contribution in [0.25, 0.3) is 11.6 Å². The Labute approximate surface area is 192 Å². The Hall–Kier alpha value is -3.75. The van der Waals surface area contributed by atoms with Gasteiger partial charge in [-0.05, 0) is 72.2 Å². The molecule has 32 heavy (non-hydrogen) atoms. The summed E-state index contributed by atoms with van der Waals surface area (Å²) in [6, 6.07) is 23.5. The maximum Gasteiger partial charge on any atom is 0.311 e. The van der Waals surface area contributed by atoms with Gasteiger partial charge in [0.25, 0.3) is 0 Å². The van der Waals surface area contributed by atoms with Crippen LogP contribution in [0.3, 0.4) is 0 Å². The van der Waals surface area contributed by atoms with Crippen LogP contribution in [-0.2, 0) is 4.79 Å². The van der Waals surface area contributed by atoms with Crippen molar-refractivity contribution in [2.45, 2.75) is 12.8 Å². The Balaban J connectivity index is 1.52. The summed E-state index contributed by atoms with van der Waals surface area (Å²) in [5.74, 6) is 1.55. The van der Waals surface area contributed by atoms with Crippen LogP contribution in [0.5, 0.6) is 17.2 Å². The fraction of sp³-hybridized carbons (Fsp3) is 0.154. The minimum atomic E-state index is -0.345. The van der Waals surface area contributed by atoms with E-state index in [9.17, 15) is 10.1 Å². The van der Waals surface area contributed by atoms with Gasteiger partial charge in [-0.15, -0.1) is 0 Å². The third-order valence-corrected chi connectivity index (χ3v) is 4.78. The zero-order chi connectivity index (χ0) is 22.8. The first-order valence-corrected chi connectivity index (χ1v) is 10.4. The summed E-state index contributed by atoms with van der Waals surface area (Å²) >= 11 is 5.91. The van der Waals surface area contributed by atoms with Crippen LogP contribution >= 0.6 is 11.6 Å². The molecule has 0 N–H and O–H groups in total. The molecule has 0 aromatic heterocycles. The van der Waals surface area contributed by atoms with Gasteiger partial charge in [0.1, 0.15) is 17.2 Å². The number of esters is 1. The summed E-state index contributed by atoms with van der Waals surface area (Å²) in [6.45, 7) is 0.400. The minimum Gasteiger partial charge on any atom is -0.497 e. The molecule has 3 aromatic carbocycles. The summed E-state index contributed by atoms with van der Waals surface area (Å²) in [7, 11) is 1.61. The van der Waals surface area contributed by atoms with Crippen molar-refractivity contribution in [3.8, 4) is 23.3 Å². The molecule has 0 heterocycles. The molecule has 0 atom stereocenters. The first-order chi connectivity index (χ1) is 15.6. The smallest absolute Gasteiger partial charge is 0.311 e. The lowest BCUT2D eigenvalue weighted by molar-refractivity contribution is -0.134. The first-order valence-electron chi connectivity index (χ1n) is 10.0. The Morgan fingerprint density at radius 3 is 2.41 bits per heavy atom. The number of halogens is 1. The van der Waals surface area contributed by atoms with E-state index in [4.69, 9.17) is 25.8 Å². The van der Waals surface area contributed by atoms with E-state index in [1.54, 1.807) is 55.7 Å². The molecule has 5 nitrogen and oxygen atoms in total. The van der Waals surface area contributed by atoms with Crippen LogP contribution in [0.1, 0.15) is 24.0 Å². The number of benzene rings is 3. The number of nitrogens with zero attached hydrogens (tertiary/aromatic N) is 1. The molecule has 162 valence electrons. The van der Waals surface area contributed by atoms with Crippen LogP contribution in [-0.4, -0.2) is 19.7 Å². The molecule has 6 heteroatoms. The van der Waals surface area contributed by atoms with Crippen molar-refractivity contribution in [2.24, 2.45) is 0 Å². The zero-order valence-electron chi connectivity index (χ0n) is 17.6. The molecule has 0 fully saturated rings. The van der Waals surface area contributed by atoms with E-state index in [1.165, 1.54) is 0 Å². The number of hydrogen-bond donors (Lipinski definition) is 0. The van der Waals surface area contributed by atoms with E-state index in [1.807, 2.05) is 30.3 Å². The third-order valence-electron chi connectivity index (χ3n) is 4.53. The number of carbonyl (C=O) groups excluding carboxylic acids is 1. The van der Waals surface area contributed by atoms with Crippen LogP contribution in [0.2, 0.25) is 5.02 Å². The van der Waals surface area contributed by atoms with Crippen molar-refractivity contribution in [3.05, 3.63) is 88.9 Å². The maximum atomic E-state index is 12.2. The van der Waals surface area contributed by atoms with E-state index >= 15 is 0 Å². The fourth-order valence-corrected chi connectivity index (χ4v) is 3.03. The molecule has 0 radical (unpaired) electrons. The highest BCUT2D eigenvalue weighted by Crippen LogP contribution is 2.22. The Kier molecular flexibility index (Phi) is 8.30. The predicted molar refractivity (Wildman–Crippen MR) is 125 cm³/mol. The predicted octanol–water partition coefficient (Wildman–Crippen LogP) is 6.18. The Morgan fingerprint density at radius 1 is 1.00 bits per heavy atom. The molecule has 0 saturated carbocycles. The average Bonchev–Trinajstić information content (AvgIpc) is 2.81. The number of hydrogen-bond acceptors (Lipinski definition) is 5. The van der Waals surface area contributed by atoms with E-state index in [-0.39, 0.29) is 12.4 Å². The summed E-state index contributed by atoms with van der Waals surface area (Å²) in [5.41, 5.74) is 2.00. The van der Waals surface area contributed by atoms with Gasteiger partial charge in [-0.3, -0.25) is 4.79 Å². The second kappa shape index (κ2) is 11.6. The minimum absolute atomic E-state index is 0.227.